The molecular formula is C12H5F3N4O. The Labute approximate surface area is 110 Å². The summed E-state index contributed by atoms with van der Waals surface area (Å²) in [6.45, 7) is 0. The number of benzene rings is 1. The molecule has 0 saturated heterocycles. The topological polar surface area (TPSA) is 64.7 Å². The van der Waals surface area contributed by atoms with E-state index in [1.807, 2.05) is 0 Å². The van der Waals surface area contributed by atoms with Gasteiger partial charge in [-0.15, -0.1) is 0 Å². The van der Waals surface area contributed by atoms with E-state index in [1.54, 1.807) is 0 Å². The fourth-order valence-electron chi connectivity index (χ4n) is 1.58. The van der Waals surface area contributed by atoms with Crippen LogP contribution in [0.3, 0.4) is 0 Å². The van der Waals surface area contributed by atoms with Gasteiger partial charge in [0.05, 0.1) is 11.1 Å². The summed E-state index contributed by atoms with van der Waals surface area (Å²) in [4.78, 5) is 11.3. The molecule has 8 heteroatoms. The molecule has 5 nitrogen and oxygen atoms in total. The molecule has 0 spiro atoms. The Morgan fingerprint density at radius 3 is 2.40 bits per heavy atom. The van der Waals surface area contributed by atoms with Gasteiger partial charge in [-0.05, 0) is 12.1 Å². The summed E-state index contributed by atoms with van der Waals surface area (Å²) in [5.74, 6) is -3.97. The van der Waals surface area contributed by atoms with Crippen molar-refractivity contribution in [2.75, 3.05) is 0 Å². The highest BCUT2D eigenvalue weighted by atomic mass is 19.2. The van der Waals surface area contributed by atoms with Crippen LogP contribution in [0.1, 0.15) is 0 Å². The van der Waals surface area contributed by atoms with Gasteiger partial charge >= 0.3 is 0 Å². The Morgan fingerprint density at radius 1 is 0.950 bits per heavy atom. The number of hydrogen-bond donors (Lipinski definition) is 0. The fourth-order valence-corrected chi connectivity index (χ4v) is 1.58. The second kappa shape index (κ2) is 4.72. The Bertz CT molecular complexity index is 761. The Kier molecular flexibility index (Phi) is 2.90. The third-order valence-electron chi connectivity index (χ3n) is 2.50. The van der Waals surface area contributed by atoms with Gasteiger partial charge in [-0.2, -0.15) is 4.98 Å². The molecule has 0 aliphatic carbocycles. The van der Waals surface area contributed by atoms with E-state index in [4.69, 9.17) is 4.52 Å². The third-order valence-corrected chi connectivity index (χ3v) is 2.50. The van der Waals surface area contributed by atoms with E-state index in [2.05, 4.69) is 20.1 Å². The maximum absolute atomic E-state index is 13.6. The molecule has 0 amide bonds. The molecule has 0 bridgehead atoms. The average Bonchev–Trinajstić information content (AvgIpc) is 2.94. The number of aromatic nitrogens is 4. The molecule has 0 N–H and O–H groups in total. The van der Waals surface area contributed by atoms with Crippen molar-refractivity contribution in [3.63, 3.8) is 0 Å². The number of rotatable bonds is 2. The van der Waals surface area contributed by atoms with Crippen molar-refractivity contribution in [2.45, 2.75) is 0 Å². The van der Waals surface area contributed by atoms with Gasteiger partial charge in [0.15, 0.2) is 11.6 Å². The molecule has 100 valence electrons. The van der Waals surface area contributed by atoms with Crippen LogP contribution in [0.25, 0.3) is 22.8 Å². The molecule has 0 radical (unpaired) electrons. The summed E-state index contributed by atoms with van der Waals surface area (Å²) >= 11 is 0. The lowest BCUT2D eigenvalue weighted by Crippen LogP contribution is -1.95. The lowest BCUT2D eigenvalue weighted by atomic mass is 10.2. The smallest absolute Gasteiger partial charge is 0.261 e. The summed E-state index contributed by atoms with van der Waals surface area (Å²) in [7, 11) is 0. The molecule has 0 aliphatic rings. The first kappa shape index (κ1) is 12.3. The fraction of sp³-hybridized carbons (Fsp3) is 0. The molecule has 20 heavy (non-hydrogen) atoms. The van der Waals surface area contributed by atoms with Gasteiger partial charge in [0.1, 0.15) is 12.1 Å². The molecule has 3 aromatic rings. The van der Waals surface area contributed by atoms with Gasteiger partial charge in [0.25, 0.3) is 5.89 Å². The lowest BCUT2D eigenvalue weighted by molar-refractivity contribution is 0.430. The van der Waals surface area contributed by atoms with Crippen LogP contribution in [-0.4, -0.2) is 20.1 Å². The van der Waals surface area contributed by atoms with Crippen LogP contribution in [0, 0.1) is 17.5 Å². The van der Waals surface area contributed by atoms with Crippen molar-refractivity contribution in [3.05, 3.63) is 48.3 Å². The zero-order valence-corrected chi connectivity index (χ0v) is 9.72. The first-order chi connectivity index (χ1) is 9.66. The molecule has 0 saturated carbocycles. The minimum atomic E-state index is -1.37. The zero-order valence-electron chi connectivity index (χ0n) is 9.72. The maximum atomic E-state index is 13.6. The average molecular weight is 278 g/mol. The quantitative estimate of drug-likeness (QED) is 0.674. The Balaban J connectivity index is 2.10. The first-order valence-corrected chi connectivity index (χ1v) is 5.40. The van der Waals surface area contributed by atoms with Gasteiger partial charge in [-0.3, -0.25) is 0 Å². The molecule has 1 aromatic carbocycles. The van der Waals surface area contributed by atoms with Crippen LogP contribution < -0.4 is 0 Å². The first-order valence-electron chi connectivity index (χ1n) is 5.40. The SMILES string of the molecule is Fc1ccc(F)c(-c2noc(-c3cncnc3)n2)c1F. The van der Waals surface area contributed by atoms with E-state index < -0.39 is 28.8 Å². The second-order valence-corrected chi connectivity index (χ2v) is 3.77. The number of nitrogens with zero attached hydrogens (tertiary/aromatic N) is 4. The van der Waals surface area contributed by atoms with Crippen molar-refractivity contribution >= 4 is 0 Å². The lowest BCUT2D eigenvalue weighted by Gasteiger charge is -2.00. The van der Waals surface area contributed by atoms with E-state index in [9.17, 15) is 13.2 Å². The van der Waals surface area contributed by atoms with Crippen molar-refractivity contribution in [1.29, 1.82) is 0 Å². The molecule has 0 aliphatic heterocycles. The van der Waals surface area contributed by atoms with Gasteiger partial charge < -0.3 is 4.52 Å². The monoisotopic (exact) mass is 278 g/mol. The van der Waals surface area contributed by atoms with Crippen LogP contribution in [0.15, 0.2) is 35.4 Å². The van der Waals surface area contributed by atoms with E-state index in [-0.39, 0.29) is 5.89 Å². The van der Waals surface area contributed by atoms with Gasteiger partial charge in [0, 0.05) is 12.4 Å². The van der Waals surface area contributed by atoms with Gasteiger partial charge in [-0.1, -0.05) is 5.16 Å². The zero-order chi connectivity index (χ0) is 14.1. The van der Waals surface area contributed by atoms with Gasteiger partial charge in [0.2, 0.25) is 5.82 Å². The van der Waals surface area contributed by atoms with Crippen molar-refractivity contribution in [1.82, 2.24) is 20.1 Å². The molecule has 2 aromatic heterocycles. The predicted octanol–water partition coefficient (Wildman–Crippen LogP) is 2.61. The van der Waals surface area contributed by atoms with E-state index in [0.717, 1.165) is 6.07 Å². The summed E-state index contributed by atoms with van der Waals surface area (Å²) in [5.41, 5.74) is -0.305. The molecule has 0 unspecified atom stereocenters. The minimum Gasteiger partial charge on any atom is -0.333 e. The third kappa shape index (κ3) is 2.00. The molecule has 0 atom stereocenters. The van der Waals surface area contributed by atoms with E-state index in [1.165, 1.54) is 18.7 Å². The summed E-state index contributed by atoms with van der Waals surface area (Å²) in [6.07, 6.45) is 4.08. The van der Waals surface area contributed by atoms with Crippen LogP contribution in [0.5, 0.6) is 0 Å². The van der Waals surface area contributed by atoms with Crippen LogP contribution in [0.2, 0.25) is 0 Å². The van der Waals surface area contributed by atoms with Crippen LogP contribution in [0.4, 0.5) is 13.2 Å². The maximum Gasteiger partial charge on any atom is 0.261 e. The van der Waals surface area contributed by atoms with Crippen LogP contribution in [-0.2, 0) is 0 Å². The summed E-state index contributed by atoms with van der Waals surface area (Å²) < 4.78 is 45.2. The highest BCUT2D eigenvalue weighted by Gasteiger charge is 2.21. The predicted molar refractivity (Wildman–Crippen MR) is 60.6 cm³/mol. The largest absolute Gasteiger partial charge is 0.333 e. The molecule has 2 heterocycles. The van der Waals surface area contributed by atoms with E-state index in [0.29, 0.717) is 11.6 Å². The Hall–Kier alpha value is -2.77. The van der Waals surface area contributed by atoms with E-state index >= 15 is 0 Å². The number of hydrogen-bond acceptors (Lipinski definition) is 5. The van der Waals surface area contributed by atoms with Gasteiger partial charge in [-0.25, -0.2) is 23.1 Å². The number of halogens is 3. The highest BCUT2D eigenvalue weighted by molar-refractivity contribution is 5.60. The summed E-state index contributed by atoms with van der Waals surface area (Å²) in [6, 6.07) is 1.47. The highest BCUT2D eigenvalue weighted by Crippen LogP contribution is 2.27. The molecule has 0 fully saturated rings. The normalized spacial score (nSPS) is 10.8. The summed E-state index contributed by atoms with van der Waals surface area (Å²) in [5, 5.41) is 3.44. The Morgan fingerprint density at radius 2 is 1.65 bits per heavy atom. The minimum absolute atomic E-state index is 0.0244. The van der Waals surface area contributed by atoms with Crippen molar-refractivity contribution in [3.8, 4) is 22.8 Å². The van der Waals surface area contributed by atoms with Crippen LogP contribution >= 0.6 is 0 Å². The molecular weight excluding hydrogens is 273 g/mol. The standard InChI is InChI=1S/C12H5F3N4O/c13-7-1-2-8(14)10(15)9(7)11-18-12(20-19-11)6-3-16-5-17-4-6/h1-5H. The van der Waals surface area contributed by atoms with Crippen molar-refractivity contribution < 1.29 is 17.7 Å². The van der Waals surface area contributed by atoms with Crippen molar-refractivity contribution in [2.24, 2.45) is 0 Å². The molecule has 3 rings (SSSR count). The second-order valence-electron chi connectivity index (χ2n) is 3.77.